The third kappa shape index (κ3) is 15.9. The molecule has 2 heterocycles. The molecular weight excluding hydrogens is 991 g/mol. The maximum absolute atomic E-state index is 13.3. The van der Waals surface area contributed by atoms with Gasteiger partial charge in [-0.2, -0.15) is 0 Å². The molecule has 5 rings (SSSR count). The molecule has 2 aromatic rings. The van der Waals surface area contributed by atoms with Crippen LogP contribution >= 0.6 is 23.5 Å². The molecule has 24 heteroatoms. The Hall–Kier alpha value is -6.21. The first-order chi connectivity index (χ1) is 34.3. The van der Waals surface area contributed by atoms with E-state index in [0.717, 1.165) is 94.2 Å². The first kappa shape index (κ1) is 56.7. The Labute approximate surface area is 423 Å². The van der Waals surface area contributed by atoms with Crippen LogP contribution in [0.4, 0.5) is 4.79 Å². The number of benzene rings is 2. The predicted molar refractivity (Wildman–Crippen MR) is 251 cm³/mol. The van der Waals surface area contributed by atoms with Gasteiger partial charge >= 0.3 is 53.8 Å². The lowest BCUT2D eigenvalue weighted by Gasteiger charge is -2.48. The number of carbonyl (C=O) groups excluding carboxylic acids is 9. The number of alkyl carbamates (subject to hydrolysis) is 1. The SMILES string of the molecule is C=CCOC(=O)[C@H](CSCS[C@@H]1O[C@H](COC(C)=O)[C@@H](O[C@@H]2O[C@H](COC(C)=O)[C@H](OC(C)=O)[C@H](OC(C)=O)[C@H]2OC(C)=O)[C@H](OC(C)=O)[C@H]1OC(C)=O)NC(=O)OCC1c2ccccc2-c2ccccc21. The quantitative estimate of drug-likeness (QED) is 0.0579. The average molecular weight is 1050 g/mol. The van der Waals surface area contributed by atoms with Gasteiger partial charge in [-0.3, -0.25) is 33.6 Å². The third-order valence-corrected chi connectivity index (χ3v) is 13.2. The van der Waals surface area contributed by atoms with Gasteiger partial charge in [0.25, 0.3) is 0 Å². The largest absolute Gasteiger partial charge is 0.463 e. The van der Waals surface area contributed by atoms with Crippen LogP contribution in [0.3, 0.4) is 0 Å². The zero-order valence-electron chi connectivity index (χ0n) is 40.5. The first-order valence-corrected chi connectivity index (χ1v) is 24.7. The number of fused-ring (bicyclic) bond motifs is 3. The minimum atomic E-state index is -1.85. The summed E-state index contributed by atoms with van der Waals surface area (Å²) in [6.07, 6.45) is -14.0. The maximum atomic E-state index is 13.3. The number of hydrogen-bond donors (Lipinski definition) is 1. The maximum Gasteiger partial charge on any atom is 0.407 e. The number of nitrogens with one attached hydrogen (secondary N) is 1. The predicted octanol–water partition coefficient (Wildman–Crippen LogP) is 3.67. The molecule has 0 radical (unpaired) electrons. The van der Waals surface area contributed by atoms with E-state index in [9.17, 15) is 43.2 Å². The van der Waals surface area contributed by atoms with Crippen LogP contribution in [0, 0.1) is 0 Å². The van der Waals surface area contributed by atoms with Crippen LogP contribution in [0.25, 0.3) is 11.1 Å². The number of rotatable bonds is 22. The molecule has 1 amide bonds. The molecule has 11 atom stereocenters. The molecule has 0 unspecified atom stereocenters. The molecule has 72 heavy (non-hydrogen) atoms. The molecule has 0 saturated carbocycles. The summed E-state index contributed by atoms with van der Waals surface area (Å²) in [6.45, 7) is 9.64. The highest BCUT2D eigenvalue weighted by atomic mass is 32.2. The number of esters is 8. The lowest BCUT2D eigenvalue weighted by atomic mass is 9.96. The molecule has 0 aromatic heterocycles. The zero-order valence-corrected chi connectivity index (χ0v) is 42.1. The van der Waals surface area contributed by atoms with E-state index in [1.54, 1.807) is 0 Å². The minimum absolute atomic E-state index is 0.0235. The van der Waals surface area contributed by atoms with Gasteiger partial charge in [-0.05, 0) is 22.3 Å². The number of thioether (sulfide) groups is 2. The van der Waals surface area contributed by atoms with Crippen molar-refractivity contribution in [2.24, 2.45) is 0 Å². The monoisotopic (exact) mass is 1050 g/mol. The summed E-state index contributed by atoms with van der Waals surface area (Å²) in [7, 11) is 0. The van der Waals surface area contributed by atoms with Crippen LogP contribution in [0.15, 0.2) is 61.2 Å². The Balaban J connectivity index is 1.38. The van der Waals surface area contributed by atoms with Gasteiger partial charge in [0, 0.05) is 65.2 Å². The third-order valence-electron chi connectivity index (χ3n) is 10.7. The van der Waals surface area contributed by atoms with Gasteiger partial charge in [0.15, 0.2) is 36.8 Å². The van der Waals surface area contributed by atoms with Crippen LogP contribution in [-0.2, 0) is 95.2 Å². The molecule has 2 aromatic carbocycles. The molecule has 2 aliphatic heterocycles. The van der Waals surface area contributed by atoms with Crippen molar-refractivity contribution < 1.29 is 100.0 Å². The summed E-state index contributed by atoms with van der Waals surface area (Å²) >= 11 is 2.14. The fourth-order valence-corrected chi connectivity index (χ4v) is 10.5. The van der Waals surface area contributed by atoms with Gasteiger partial charge in [-0.25, -0.2) is 9.59 Å². The van der Waals surface area contributed by atoms with E-state index in [0.29, 0.717) is 0 Å². The second-order valence-electron chi connectivity index (χ2n) is 16.3. The van der Waals surface area contributed by atoms with Crippen molar-refractivity contribution in [3.8, 4) is 11.1 Å². The molecule has 0 spiro atoms. The van der Waals surface area contributed by atoms with Crippen LogP contribution in [0.1, 0.15) is 65.5 Å². The van der Waals surface area contributed by atoms with Crippen molar-refractivity contribution in [1.82, 2.24) is 5.32 Å². The second-order valence-corrected chi connectivity index (χ2v) is 18.7. The lowest BCUT2D eigenvalue weighted by Crippen LogP contribution is -2.66. The van der Waals surface area contributed by atoms with E-state index in [1.165, 1.54) is 6.08 Å². The summed E-state index contributed by atoms with van der Waals surface area (Å²) in [4.78, 5) is 114. The van der Waals surface area contributed by atoms with Crippen molar-refractivity contribution in [3.63, 3.8) is 0 Å². The molecule has 2 saturated heterocycles. The van der Waals surface area contributed by atoms with E-state index < -0.39 is 134 Å². The molecule has 392 valence electrons. The smallest absolute Gasteiger partial charge is 0.407 e. The lowest BCUT2D eigenvalue weighted by molar-refractivity contribution is -0.341. The number of hydrogen-bond acceptors (Lipinski definition) is 23. The van der Waals surface area contributed by atoms with Gasteiger partial charge in [0.1, 0.15) is 56.2 Å². The standard InChI is InChI=1S/C48H57NO21S2/c1-9-18-59-45(57)36(49-48(58)62-19-35-33-16-12-10-14-31(33)32-15-11-13-17-34(32)35)22-71-23-72-47-44(67-30(8)56)42(65-28(6)54)40(38(69-47)21-61-25(3)51)70-46-43(66-29(7)55)41(64-27(5)53)39(63-26(4)52)37(68-46)20-60-24(2)50/h9-17,35-44,46-47H,1,18-23H2,2-8H3,(H,49,58)/t36-,37+,38+,39-,40+,41-,42-,43+,44+,46-,47-/m0/s1. The van der Waals surface area contributed by atoms with Crippen LogP contribution < -0.4 is 5.32 Å². The Morgan fingerprint density at radius 1 is 0.583 bits per heavy atom. The molecule has 1 aliphatic carbocycles. The van der Waals surface area contributed by atoms with Gasteiger partial charge in [0.05, 0.1) is 0 Å². The molecule has 1 N–H and O–H groups in total. The number of amides is 1. The van der Waals surface area contributed by atoms with Crippen molar-refractivity contribution in [2.45, 2.75) is 121 Å². The highest BCUT2D eigenvalue weighted by Gasteiger charge is 2.57. The van der Waals surface area contributed by atoms with Gasteiger partial charge < -0.3 is 62.2 Å². The van der Waals surface area contributed by atoms with Crippen molar-refractivity contribution in [1.29, 1.82) is 0 Å². The van der Waals surface area contributed by atoms with Crippen molar-refractivity contribution in [3.05, 3.63) is 72.3 Å². The summed E-state index contributed by atoms with van der Waals surface area (Å²) in [5.41, 5.74) is 2.80. The minimum Gasteiger partial charge on any atom is -0.463 e. The van der Waals surface area contributed by atoms with Crippen LogP contribution in [0.2, 0.25) is 0 Å². The second kappa shape index (κ2) is 27.0. The topological polar surface area (TPSA) is 276 Å². The Morgan fingerprint density at radius 3 is 1.60 bits per heavy atom. The van der Waals surface area contributed by atoms with Crippen molar-refractivity contribution >= 4 is 77.4 Å². The number of ether oxygens (including phenoxy) is 12. The summed E-state index contributed by atoms with van der Waals surface area (Å²) in [6, 6.07) is 14.4. The molecule has 2 fully saturated rings. The molecule has 22 nitrogen and oxygen atoms in total. The molecule has 0 bridgehead atoms. The van der Waals surface area contributed by atoms with Crippen LogP contribution in [0.5, 0.6) is 0 Å². The van der Waals surface area contributed by atoms with Gasteiger partial charge in [-0.15, -0.1) is 23.5 Å². The van der Waals surface area contributed by atoms with E-state index >= 15 is 0 Å². The van der Waals surface area contributed by atoms with E-state index in [4.69, 9.17) is 56.8 Å². The first-order valence-electron chi connectivity index (χ1n) is 22.4. The zero-order chi connectivity index (χ0) is 52.6. The average Bonchev–Trinajstić information content (AvgIpc) is 3.63. The Kier molecular flexibility index (Phi) is 21.3. The van der Waals surface area contributed by atoms with Crippen LogP contribution in [-0.4, -0.2) is 158 Å². The van der Waals surface area contributed by atoms with Gasteiger partial charge in [-0.1, -0.05) is 61.2 Å². The van der Waals surface area contributed by atoms with E-state index in [1.807, 2.05) is 48.5 Å². The molecule has 3 aliphatic rings. The van der Waals surface area contributed by atoms with Crippen molar-refractivity contribution in [2.75, 3.05) is 37.3 Å². The van der Waals surface area contributed by atoms with E-state index in [2.05, 4.69) is 11.9 Å². The summed E-state index contributed by atoms with van der Waals surface area (Å²) in [5.74, 6) is -7.17. The summed E-state index contributed by atoms with van der Waals surface area (Å²) < 4.78 is 68.5. The Bertz CT molecular complexity index is 2270. The highest BCUT2D eigenvalue weighted by Crippen LogP contribution is 2.45. The Morgan fingerprint density at radius 2 is 1.07 bits per heavy atom. The number of carbonyl (C=O) groups is 9. The summed E-state index contributed by atoms with van der Waals surface area (Å²) in [5, 5.41) is 2.65. The fraction of sp³-hybridized carbons (Fsp3) is 0.521. The molecular formula is C48H57NO21S2. The highest BCUT2D eigenvalue weighted by molar-refractivity contribution is 8.16. The fourth-order valence-electron chi connectivity index (χ4n) is 8.08. The van der Waals surface area contributed by atoms with Gasteiger partial charge in [0.2, 0.25) is 0 Å². The normalized spacial score (nSPS) is 24.6. The van der Waals surface area contributed by atoms with E-state index in [-0.39, 0.29) is 30.0 Å².